The van der Waals surface area contributed by atoms with Crippen molar-refractivity contribution >= 4 is 11.6 Å². The summed E-state index contributed by atoms with van der Waals surface area (Å²) >= 11 is 5.67. The summed E-state index contributed by atoms with van der Waals surface area (Å²) in [5.41, 5.74) is 1.09. The second-order valence-electron chi connectivity index (χ2n) is 2.95. The minimum Gasteiger partial charge on any atom is -0.506 e. The van der Waals surface area contributed by atoms with E-state index in [9.17, 15) is 5.11 Å². The van der Waals surface area contributed by atoms with Crippen molar-refractivity contribution in [3.63, 3.8) is 0 Å². The third-order valence-electron chi connectivity index (χ3n) is 1.90. The van der Waals surface area contributed by atoms with Crippen LogP contribution >= 0.6 is 11.6 Å². The molecule has 15 heavy (non-hydrogen) atoms. The van der Waals surface area contributed by atoms with Gasteiger partial charge in [0.2, 0.25) is 0 Å². The average molecular weight is 226 g/mol. The van der Waals surface area contributed by atoms with E-state index in [1.54, 1.807) is 18.3 Å². The molecule has 5 nitrogen and oxygen atoms in total. The van der Waals surface area contributed by atoms with Gasteiger partial charge in [0.05, 0.1) is 23.5 Å². The Morgan fingerprint density at radius 1 is 1.40 bits per heavy atom. The highest BCUT2D eigenvalue weighted by atomic mass is 35.5. The van der Waals surface area contributed by atoms with Gasteiger partial charge in [0.1, 0.15) is 11.4 Å². The molecule has 0 fully saturated rings. The summed E-state index contributed by atoms with van der Waals surface area (Å²) in [6.07, 6.45) is 1.57. The Kier molecular flexibility index (Phi) is 2.57. The molecule has 0 saturated carbocycles. The molecule has 78 valence electrons. The molecule has 2 aromatic rings. The molecule has 6 heteroatoms. The van der Waals surface area contributed by atoms with Crippen molar-refractivity contribution in [1.82, 2.24) is 15.0 Å². The van der Waals surface area contributed by atoms with E-state index in [1.165, 1.54) is 10.7 Å². The number of aromatic hydroxyl groups is 1. The number of hydrogen-bond acceptors (Lipinski definition) is 4. The van der Waals surface area contributed by atoms with Crippen LogP contribution in [0.1, 0.15) is 5.69 Å². The van der Waals surface area contributed by atoms with Crippen LogP contribution in [-0.2, 0) is 6.61 Å². The first-order valence-electron chi connectivity index (χ1n) is 4.21. The standard InChI is InChI=1S/C9H8ClN3O2/c10-8-2-1-7(3-9(8)15)13-4-6(5-14)11-12-13/h1-4,14-15H,5H2. The fourth-order valence-corrected chi connectivity index (χ4v) is 1.26. The number of phenols is 1. The van der Waals surface area contributed by atoms with Crippen LogP contribution in [0.25, 0.3) is 5.69 Å². The van der Waals surface area contributed by atoms with Gasteiger partial charge in [-0.25, -0.2) is 4.68 Å². The maximum Gasteiger partial charge on any atom is 0.136 e. The average Bonchev–Trinajstić information content (AvgIpc) is 2.70. The Balaban J connectivity index is 2.40. The second-order valence-corrected chi connectivity index (χ2v) is 3.36. The minimum atomic E-state index is -0.167. The molecule has 0 amide bonds. The molecule has 0 saturated heterocycles. The van der Waals surface area contributed by atoms with E-state index in [4.69, 9.17) is 16.7 Å². The summed E-state index contributed by atoms with van der Waals surface area (Å²) in [6.45, 7) is -0.167. The Labute approximate surface area is 90.5 Å². The molecule has 2 N–H and O–H groups in total. The highest BCUT2D eigenvalue weighted by molar-refractivity contribution is 6.32. The molecular weight excluding hydrogens is 218 g/mol. The van der Waals surface area contributed by atoms with Gasteiger partial charge in [-0.2, -0.15) is 0 Å². The van der Waals surface area contributed by atoms with Crippen LogP contribution in [0.15, 0.2) is 24.4 Å². The minimum absolute atomic E-state index is 0.0183. The molecule has 0 spiro atoms. The summed E-state index contributed by atoms with van der Waals surface area (Å²) in [4.78, 5) is 0. The van der Waals surface area contributed by atoms with Gasteiger partial charge in [0.25, 0.3) is 0 Å². The van der Waals surface area contributed by atoms with Crippen LogP contribution in [0.5, 0.6) is 5.75 Å². The Hall–Kier alpha value is -1.59. The van der Waals surface area contributed by atoms with E-state index in [1.807, 2.05) is 0 Å². The largest absolute Gasteiger partial charge is 0.506 e. The van der Waals surface area contributed by atoms with E-state index < -0.39 is 0 Å². The monoisotopic (exact) mass is 225 g/mol. The van der Waals surface area contributed by atoms with Gasteiger partial charge in [0.15, 0.2) is 0 Å². The molecule has 1 aromatic carbocycles. The van der Waals surface area contributed by atoms with Gasteiger partial charge < -0.3 is 10.2 Å². The summed E-state index contributed by atoms with van der Waals surface area (Å²) < 4.78 is 1.45. The first kappa shape index (κ1) is 9.95. The SMILES string of the molecule is OCc1cn(-c2ccc(Cl)c(O)c2)nn1. The summed E-state index contributed by atoms with van der Waals surface area (Å²) in [6, 6.07) is 4.72. The zero-order chi connectivity index (χ0) is 10.8. The molecule has 0 atom stereocenters. The lowest BCUT2D eigenvalue weighted by molar-refractivity contribution is 0.276. The van der Waals surface area contributed by atoms with Crippen LogP contribution in [0.4, 0.5) is 0 Å². The van der Waals surface area contributed by atoms with Crippen LogP contribution in [-0.4, -0.2) is 25.2 Å². The first-order chi connectivity index (χ1) is 7.20. The number of halogens is 1. The van der Waals surface area contributed by atoms with E-state index >= 15 is 0 Å². The van der Waals surface area contributed by atoms with Gasteiger partial charge in [-0.05, 0) is 12.1 Å². The van der Waals surface area contributed by atoms with Gasteiger partial charge >= 0.3 is 0 Å². The van der Waals surface area contributed by atoms with E-state index in [0.29, 0.717) is 11.4 Å². The topological polar surface area (TPSA) is 71.2 Å². The van der Waals surface area contributed by atoms with Crippen molar-refractivity contribution in [2.75, 3.05) is 0 Å². The lowest BCUT2D eigenvalue weighted by atomic mass is 10.3. The van der Waals surface area contributed by atoms with Crippen molar-refractivity contribution in [2.24, 2.45) is 0 Å². The van der Waals surface area contributed by atoms with E-state index in [0.717, 1.165) is 0 Å². The fraction of sp³-hybridized carbons (Fsp3) is 0.111. The zero-order valence-electron chi connectivity index (χ0n) is 7.63. The third kappa shape index (κ3) is 1.93. The summed E-state index contributed by atoms with van der Waals surface area (Å²) in [5, 5.41) is 26.0. The first-order valence-corrected chi connectivity index (χ1v) is 4.59. The lowest BCUT2D eigenvalue weighted by Gasteiger charge is -2.01. The maximum absolute atomic E-state index is 9.38. The molecule has 1 heterocycles. The smallest absolute Gasteiger partial charge is 0.136 e. The Morgan fingerprint density at radius 2 is 2.20 bits per heavy atom. The fourth-order valence-electron chi connectivity index (χ4n) is 1.14. The molecule has 0 aliphatic carbocycles. The third-order valence-corrected chi connectivity index (χ3v) is 2.22. The predicted molar refractivity (Wildman–Crippen MR) is 54.0 cm³/mol. The van der Waals surface area contributed by atoms with Crippen LogP contribution in [0.2, 0.25) is 5.02 Å². The normalized spacial score (nSPS) is 10.5. The molecule has 0 aliphatic heterocycles. The van der Waals surface area contributed by atoms with Crippen LogP contribution in [0.3, 0.4) is 0 Å². The van der Waals surface area contributed by atoms with Gasteiger partial charge in [-0.1, -0.05) is 16.8 Å². The van der Waals surface area contributed by atoms with Crippen molar-refractivity contribution in [3.05, 3.63) is 35.1 Å². The summed E-state index contributed by atoms with van der Waals surface area (Å²) in [7, 11) is 0. The second kappa shape index (κ2) is 3.88. The number of aliphatic hydroxyl groups is 1. The molecular formula is C9H8ClN3O2. The van der Waals surface area contributed by atoms with Gasteiger partial charge in [-0.15, -0.1) is 5.10 Å². The molecule has 0 aliphatic rings. The zero-order valence-corrected chi connectivity index (χ0v) is 8.39. The maximum atomic E-state index is 9.38. The van der Waals surface area contributed by atoms with Gasteiger partial charge in [-0.3, -0.25) is 0 Å². The lowest BCUT2D eigenvalue weighted by Crippen LogP contribution is -1.94. The van der Waals surface area contributed by atoms with Crippen molar-refractivity contribution < 1.29 is 10.2 Å². The molecule has 0 unspecified atom stereocenters. The van der Waals surface area contributed by atoms with E-state index in [2.05, 4.69) is 10.3 Å². The molecule has 0 radical (unpaired) electrons. The van der Waals surface area contributed by atoms with Crippen LogP contribution in [0, 0.1) is 0 Å². The van der Waals surface area contributed by atoms with E-state index in [-0.39, 0.29) is 17.4 Å². The molecule has 0 bridgehead atoms. The quantitative estimate of drug-likeness (QED) is 0.804. The number of hydrogen-bond donors (Lipinski definition) is 2. The van der Waals surface area contributed by atoms with Crippen molar-refractivity contribution in [1.29, 1.82) is 0 Å². The highest BCUT2D eigenvalue weighted by Crippen LogP contribution is 2.25. The van der Waals surface area contributed by atoms with Crippen molar-refractivity contribution in [2.45, 2.75) is 6.61 Å². The number of aromatic nitrogens is 3. The van der Waals surface area contributed by atoms with Crippen LogP contribution < -0.4 is 0 Å². The highest BCUT2D eigenvalue weighted by Gasteiger charge is 2.04. The predicted octanol–water partition coefficient (Wildman–Crippen LogP) is 1.12. The number of aliphatic hydroxyl groups excluding tert-OH is 1. The van der Waals surface area contributed by atoms with Crippen molar-refractivity contribution in [3.8, 4) is 11.4 Å². The number of rotatable bonds is 2. The number of phenolic OH excluding ortho intramolecular Hbond substituents is 1. The van der Waals surface area contributed by atoms with Gasteiger partial charge in [0, 0.05) is 6.07 Å². The molecule has 2 rings (SSSR count). The number of nitrogens with zero attached hydrogens (tertiary/aromatic N) is 3. The Bertz CT molecular complexity index is 484. The summed E-state index contributed by atoms with van der Waals surface area (Å²) in [5.74, 6) is -0.0183. The number of benzene rings is 1. The molecule has 1 aromatic heterocycles. The Morgan fingerprint density at radius 3 is 2.80 bits per heavy atom.